The van der Waals surface area contributed by atoms with E-state index in [1.807, 2.05) is 6.08 Å². The summed E-state index contributed by atoms with van der Waals surface area (Å²) in [5.74, 6) is -0.550. The van der Waals surface area contributed by atoms with Crippen molar-refractivity contribution in [2.45, 2.75) is 31.1 Å². The van der Waals surface area contributed by atoms with Gasteiger partial charge < -0.3 is 20.3 Å². The van der Waals surface area contributed by atoms with E-state index in [2.05, 4.69) is 11.0 Å². The summed E-state index contributed by atoms with van der Waals surface area (Å²) >= 11 is 6.77. The standard InChI is InChI=1S/C21H21ClFN3O3/c22-18-16(25-7-10-2-1-3-15(24)12(10)8-25)5-4-11-19(18)26(17-6-14(17)23)9-13(20(11)27)21(28)29/h1,3-5,9-10,12,14-15,17H,2,6-8,24H2,(H,28,29)/t10?,12?,14-,15?,17+/m0/s1. The number of alkyl halides is 1. The van der Waals surface area contributed by atoms with Crippen LogP contribution in [0.3, 0.4) is 0 Å². The number of carbonyl (C=O) groups is 1. The molecule has 0 spiro atoms. The molecule has 3 unspecified atom stereocenters. The summed E-state index contributed by atoms with van der Waals surface area (Å²) in [6, 6.07) is 2.88. The molecular weight excluding hydrogens is 397 g/mol. The van der Waals surface area contributed by atoms with Gasteiger partial charge in [0.05, 0.1) is 22.3 Å². The van der Waals surface area contributed by atoms with Crippen molar-refractivity contribution in [2.24, 2.45) is 17.6 Å². The normalized spacial score (nSPS) is 30.6. The first-order chi connectivity index (χ1) is 13.9. The lowest BCUT2D eigenvalue weighted by atomic mass is 9.83. The average Bonchev–Trinajstić information content (AvgIpc) is 3.23. The second-order valence-electron chi connectivity index (χ2n) is 8.27. The summed E-state index contributed by atoms with van der Waals surface area (Å²) < 4.78 is 15.4. The zero-order valence-corrected chi connectivity index (χ0v) is 16.3. The number of allylic oxidation sites excluding steroid dienone is 1. The van der Waals surface area contributed by atoms with E-state index in [0.717, 1.165) is 25.2 Å². The maximum atomic E-state index is 13.9. The molecule has 2 fully saturated rings. The second-order valence-corrected chi connectivity index (χ2v) is 8.65. The van der Waals surface area contributed by atoms with E-state index in [9.17, 15) is 19.1 Å². The van der Waals surface area contributed by atoms with Crippen LogP contribution in [0.2, 0.25) is 5.02 Å². The van der Waals surface area contributed by atoms with Gasteiger partial charge in [0.2, 0.25) is 5.43 Å². The number of carboxylic acid groups (broad SMARTS) is 1. The van der Waals surface area contributed by atoms with E-state index in [1.165, 1.54) is 10.8 Å². The predicted molar refractivity (Wildman–Crippen MR) is 110 cm³/mol. The van der Waals surface area contributed by atoms with Crippen molar-refractivity contribution < 1.29 is 14.3 Å². The second kappa shape index (κ2) is 6.57. The summed E-state index contributed by atoms with van der Waals surface area (Å²) in [6.07, 6.45) is 5.59. The van der Waals surface area contributed by atoms with Crippen LogP contribution in [0.25, 0.3) is 10.9 Å². The molecule has 0 radical (unpaired) electrons. The van der Waals surface area contributed by atoms with Crippen molar-refractivity contribution in [1.29, 1.82) is 0 Å². The Morgan fingerprint density at radius 1 is 1.31 bits per heavy atom. The van der Waals surface area contributed by atoms with Crippen LogP contribution in [-0.4, -0.2) is 40.9 Å². The fourth-order valence-corrected chi connectivity index (χ4v) is 5.21. The topological polar surface area (TPSA) is 88.6 Å². The van der Waals surface area contributed by atoms with Crippen LogP contribution in [0.1, 0.15) is 29.2 Å². The maximum Gasteiger partial charge on any atom is 0.341 e. The molecule has 6 nitrogen and oxygen atoms in total. The number of benzene rings is 1. The molecule has 152 valence electrons. The number of fused-ring (bicyclic) bond motifs is 2. The molecule has 3 aliphatic rings. The van der Waals surface area contributed by atoms with Gasteiger partial charge in [-0.05, 0) is 30.4 Å². The van der Waals surface area contributed by atoms with Crippen molar-refractivity contribution >= 4 is 34.2 Å². The molecule has 1 aliphatic heterocycles. The molecule has 5 rings (SSSR count). The van der Waals surface area contributed by atoms with Gasteiger partial charge in [0.15, 0.2) is 0 Å². The van der Waals surface area contributed by atoms with Crippen molar-refractivity contribution in [1.82, 2.24) is 4.57 Å². The minimum Gasteiger partial charge on any atom is -0.477 e. The molecular formula is C21H21ClFN3O3. The van der Waals surface area contributed by atoms with Crippen LogP contribution in [0.15, 0.2) is 35.3 Å². The van der Waals surface area contributed by atoms with Crippen molar-refractivity contribution in [3.05, 3.63) is 51.3 Å². The number of carboxylic acids is 1. The number of rotatable bonds is 3. The van der Waals surface area contributed by atoms with Gasteiger partial charge in [-0.2, -0.15) is 0 Å². The smallest absolute Gasteiger partial charge is 0.341 e. The van der Waals surface area contributed by atoms with E-state index < -0.39 is 23.6 Å². The van der Waals surface area contributed by atoms with Crippen LogP contribution in [0, 0.1) is 11.8 Å². The molecule has 5 atom stereocenters. The Morgan fingerprint density at radius 3 is 2.72 bits per heavy atom. The molecule has 1 aromatic heterocycles. The van der Waals surface area contributed by atoms with Gasteiger partial charge in [-0.25, -0.2) is 9.18 Å². The average molecular weight is 418 g/mol. The number of halogens is 2. The Bertz CT molecular complexity index is 1110. The minimum absolute atomic E-state index is 0.00745. The lowest BCUT2D eigenvalue weighted by Crippen LogP contribution is -2.35. The van der Waals surface area contributed by atoms with Crippen molar-refractivity contribution in [3.8, 4) is 0 Å². The van der Waals surface area contributed by atoms with Gasteiger partial charge >= 0.3 is 5.97 Å². The van der Waals surface area contributed by atoms with E-state index in [4.69, 9.17) is 17.3 Å². The Morgan fingerprint density at radius 2 is 2.07 bits per heavy atom. The number of hydrogen-bond donors (Lipinski definition) is 2. The molecule has 0 bridgehead atoms. The van der Waals surface area contributed by atoms with Gasteiger partial charge in [-0.1, -0.05) is 23.8 Å². The van der Waals surface area contributed by atoms with Crippen LogP contribution in [-0.2, 0) is 0 Å². The highest BCUT2D eigenvalue weighted by molar-refractivity contribution is 6.38. The van der Waals surface area contributed by atoms with Crippen LogP contribution < -0.4 is 16.1 Å². The summed E-state index contributed by atoms with van der Waals surface area (Å²) in [5, 5.41) is 9.95. The fraction of sp³-hybridized carbons (Fsp3) is 0.429. The molecule has 3 N–H and O–H groups in total. The van der Waals surface area contributed by atoms with Crippen LogP contribution in [0.4, 0.5) is 10.1 Å². The molecule has 0 amide bonds. The quantitative estimate of drug-likeness (QED) is 0.749. The zero-order valence-electron chi connectivity index (χ0n) is 15.6. The van der Waals surface area contributed by atoms with Crippen molar-refractivity contribution in [2.75, 3.05) is 18.0 Å². The summed E-state index contributed by atoms with van der Waals surface area (Å²) in [5.41, 5.74) is 6.45. The number of pyridine rings is 1. The van der Waals surface area contributed by atoms with E-state index >= 15 is 0 Å². The molecule has 29 heavy (non-hydrogen) atoms. The van der Waals surface area contributed by atoms with Gasteiger partial charge in [0, 0.05) is 37.1 Å². The van der Waals surface area contributed by atoms with Crippen LogP contribution in [0.5, 0.6) is 0 Å². The lowest BCUT2D eigenvalue weighted by molar-refractivity contribution is 0.0694. The summed E-state index contributed by atoms with van der Waals surface area (Å²) in [6.45, 7) is 1.56. The predicted octanol–water partition coefficient (Wildman–Crippen LogP) is 2.98. The third-order valence-corrected chi connectivity index (χ3v) is 6.88. The number of nitrogens with two attached hydrogens (primary N) is 1. The molecule has 8 heteroatoms. The molecule has 1 saturated carbocycles. The molecule has 2 heterocycles. The highest BCUT2D eigenvalue weighted by atomic mass is 35.5. The number of nitrogens with zero attached hydrogens (tertiary/aromatic N) is 2. The highest BCUT2D eigenvalue weighted by Gasteiger charge is 2.41. The number of anilines is 1. The third kappa shape index (κ3) is 2.87. The maximum absolute atomic E-state index is 13.9. The van der Waals surface area contributed by atoms with E-state index in [1.54, 1.807) is 12.1 Å². The van der Waals surface area contributed by atoms with Crippen molar-refractivity contribution in [3.63, 3.8) is 0 Å². The first kappa shape index (κ1) is 18.6. The van der Waals surface area contributed by atoms with E-state index in [0.29, 0.717) is 22.4 Å². The molecule has 2 aromatic rings. The third-order valence-electron chi connectivity index (χ3n) is 6.50. The summed E-state index contributed by atoms with van der Waals surface area (Å²) in [4.78, 5) is 26.4. The minimum atomic E-state index is -1.33. The number of hydrogen-bond acceptors (Lipinski definition) is 4. The van der Waals surface area contributed by atoms with Gasteiger partial charge in [0.25, 0.3) is 0 Å². The zero-order chi connectivity index (χ0) is 20.4. The highest BCUT2D eigenvalue weighted by Crippen LogP contribution is 2.44. The Kier molecular flexibility index (Phi) is 4.22. The first-order valence-electron chi connectivity index (χ1n) is 9.78. The van der Waals surface area contributed by atoms with Gasteiger partial charge in [0.1, 0.15) is 11.7 Å². The number of aromatic nitrogens is 1. The fourth-order valence-electron chi connectivity index (χ4n) is 4.83. The van der Waals surface area contributed by atoms with Gasteiger partial charge in [-0.3, -0.25) is 4.79 Å². The largest absolute Gasteiger partial charge is 0.477 e. The SMILES string of the molecule is NC1C=CCC2CN(c3ccc4c(=O)c(C(=O)O)cn([C@@H]5C[C@@H]5F)c4c3Cl)CC12. The lowest BCUT2D eigenvalue weighted by Gasteiger charge is -2.25. The Labute approximate surface area is 171 Å². The van der Waals surface area contributed by atoms with Crippen LogP contribution >= 0.6 is 11.6 Å². The summed E-state index contributed by atoms with van der Waals surface area (Å²) in [7, 11) is 0. The number of aromatic carboxylic acids is 1. The molecule has 1 saturated heterocycles. The molecule has 1 aromatic carbocycles. The monoisotopic (exact) mass is 417 g/mol. The first-order valence-corrected chi connectivity index (χ1v) is 10.2. The molecule has 2 aliphatic carbocycles. The Balaban J connectivity index is 1.64. The Hall–Kier alpha value is -2.38. The van der Waals surface area contributed by atoms with Gasteiger partial charge in [-0.15, -0.1) is 0 Å². The van der Waals surface area contributed by atoms with E-state index in [-0.39, 0.29) is 23.4 Å².